The van der Waals surface area contributed by atoms with Crippen LogP contribution in [0.15, 0.2) is 17.4 Å². The normalized spacial score (nSPS) is 18.8. The molecular formula is C14H26IN5O2S. The van der Waals surface area contributed by atoms with E-state index in [9.17, 15) is 8.42 Å². The summed E-state index contributed by atoms with van der Waals surface area (Å²) in [5, 5.41) is 7.48. The first-order valence-electron chi connectivity index (χ1n) is 7.51. The molecule has 1 aliphatic heterocycles. The van der Waals surface area contributed by atoms with Crippen LogP contribution in [0.25, 0.3) is 0 Å². The van der Waals surface area contributed by atoms with E-state index in [-0.39, 0.29) is 29.7 Å². The summed E-state index contributed by atoms with van der Waals surface area (Å²) in [6, 6.07) is 0. The van der Waals surface area contributed by atoms with E-state index in [1.54, 1.807) is 7.05 Å². The molecule has 1 aromatic heterocycles. The van der Waals surface area contributed by atoms with Gasteiger partial charge in [-0.3, -0.25) is 9.67 Å². The molecule has 1 fully saturated rings. The topological polar surface area (TPSA) is 79.6 Å². The lowest BCUT2D eigenvalue weighted by atomic mass is 10.0. The van der Waals surface area contributed by atoms with Crippen LogP contribution in [-0.2, 0) is 16.9 Å². The fourth-order valence-corrected chi connectivity index (χ4v) is 3.41. The number of hydrogen-bond donors (Lipinski definition) is 1. The van der Waals surface area contributed by atoms with Gasteiger partial charge in [0.15, 0.2) is 5.96 Å². The summed E-state index contributed by atoms with van der Waals surface area (Å²) in [5.74, 6) is 1.53. The zero-order chi connectivity index (χ0) is 16.2. The third-order valence-corrected chi connectivity index (χ3v) is 4.90. The summed E-state index contributed by atoms with van der Waals surface area (Å²) in [6.07, 6.45) is 6.93. The van der Waals surface area contributed by atoms with Gasteiger partial charge in [0.1, 0.15) is 9.84 Å². The van der Waals surface area contributed by atoms with Crippen LogP contribution in [0.5, 0.6) is 0 Å². The predicted octanol–water partition coefficient (Wildman–Crippen LogP) is 0.837. The van der Waals surface area contributed by atoms with Crippen molar-refractivity contribution in [2.24, 2.45) is 12.0 Å². The van der Waals surface area contributed by atoms with Crippen LogP contribution in [0.2, 0.25) is 0 Å². The third kappa shape index (κ3) is 6.28. The molecule has 2 rings (SSSR count). The van der Waals surface area contributed by atoms with Crippen LogP contribution in [-0.4, -0.2) is 67.7 Å². The van der Waals surface area contributed by atoms with Crippen molar-refractivity contribution in [1.82, 2.24) is 20.0 Å². The maximum absolute atomic E-state index is 11.1. The van der Waals surface area contributed by atoms with Crippen LogP contribution < -0.4 is 5.32 Å². The number of sulfone groups is 1. The highest BCUT2D eigenvalue weighted by Crippen LogP contribution is 2.26. The number of nitrogens with one attached hydrogen (secondary N) is 1. The van der Waals surface area contributed by atoms with Crippen molar-refractivity contribution in [3.8, 4) is 0 Å². The average molecular weight is 455 g/mol. The summed E-state index contributed by atoms with van der Waals surface area (Å²) in [5.41, 5.74) is 1.26. The molecule has 0 saturated carbocycles. The maximum atomic E-state index is 11.1. The Bertz CT molecular complexity index is 629. The van der Waals surface area contributed by atoms with Crippen molar-refractivity contribution in [2.75, 3.05) is 38.7 Å². The fraction of sp³-hybridized carbons (Fsp3) is 0.714. The minimum atomic E-state index is -2.89. The first-order valence-corrected chi connectivity index (χ1v) is 9.57. The van der Waals surface area contributed by atoms with Gasteiger partial charge >= 0.3 is 0 Å². The number of nitrogens with zero attached hydrogens (tertiary/aromatic N) is 4. The van der Waals surface area contributed by atoms with Crippen molar-refractivity contribution in [3.05, 3.63) is 18.0 Å². The summed E-state index contributed by atoms with van der Waals surface area (Å²) in [6.45, 7) is 2.48. The van der Waals surface area contributed by atoms with E-state index in [1.165, 1.54) is 11.8 Å². The van der Waals surface area contributed by atoms with Gasteiger partial charge in [-0.1, -0.05) is 0 Å². The second-order valence-electron chi connectivity index (χ2n) is 5.84. The Morgan fingerprint density at radius 3 is 2.83 bits per heavy atom. The van der Waals surface area contributed by atoms with Crippen molar-refractivity contribution < 1.29 is 8.42 Å². The monoisotopic (exact) mass is 455 g/mol. The Kier molecular flexibility index (Phi) is 7.78. The van der Waals surface area contributed by atoms with E-state index in [2.05, 4.69) is 26.5 Å². The van der Waals surface area contributed by atoms with Crippen LogP contribution in [0, 0.1) is 0 Å². The SMILES string of the molecule is CN=C(NCCCS(C)(=O)=O)N1CCC(c2cnn(C)c2)C1.I. The Balaban J connectivity index is 0.00000264. The van der Waals surface area contributed by atoms with Gasteiger partial charge in [0, 0.05) is 52.1 Å². The van der Waals surface area contributed by atoms with Crippen molar-refractivity contribution in [1.29, 1.82) is 0 Å². The molecule has 0 spiro atoms. The van der Waals surface area contributed by atoms with E-state index in [1.807, 2.05) is 17.9 Å². The van der Waals surface area contributed by atoms with Crippen molar-refractivity contribution in [3.63, 3.8) is 0 Å². The van der Waals surface area contributed by atoms with Gasteiger partial charge in [-0.15, -0.1) is 24.0 Å². The molecule has 2 heterocycles. The number of hydrogen-bond acceptors (Lipinski definition) is 4. The quantitative estimate of drug-likeness (QED) is 0.308. The van der Waals surface area contributed by atoms with E-state index in [0.29, 0.717) is 18.9 Å². The maximum Gasteiger partial charge on any atom is 0.193 e. The van der Waals surface area contributed by atoms with Gasteiger partial charge in [0.2, 0.25) is 0 Å². The highest BCUT2D eigenvalue weighted by Gasteiger charge is 2.26. The van der Waals surface area contributed by atoms with E-state index >= 15 is 0 Å². The van der Waals surface area contributed by atoms with Gasteiger partial charge in [-0.05, 0) is 18.4 Å². The fourth-order valence-electron chi connectivity index (χ4n) is 2.74. The summed E-state index contributed by atoms with van der Waals surface area (Å²) >= 11 is 0. The molecule has 1 saturated heterocycles. The zero-order valence-corrected chi connectivity index (χ0v) is 17.0. The van der Waals surface area contributed by atoms with Gasteiger partial charge in [-0.25, -0.2) is 8.42 Å². The van der Waals surface area contributed by atoms with Gasteiger partial charge in [0.05, 0.1) is 11.9 Å². The molecule has 0 aliphatic carbocycles. The molecule has 9 heteroatoms. The number of guanidine groups is 1. The highest BCUT2D eigenvalue weighted by atomic mass is 127. The highest BCUT2D eigenvalue weighted by molar-refractivity contribution is 14.0. The summed E-state index contributed by atoms with van der Waals surface area (Å²) in [7, 11) is 0.796. The lowest BCUT2D eigenvalue weighted by Crippen LogP contribution is -2.40. The lowest BCUT2D eigenvalue weighted by molar-refractivity contribution is 0.486. The molecule has 23 heavy (non-hydrogen) atoms. The van der Waals surface area contributed by atoms with Crippen LogP contribution in [0.4, 0.5) is 0 Å². The molecule has 1 unspecified atom stereocenters. The number of aliphatic imine (C=N–C) groups is 1. The molecule has 1 aliphatic rings. The second-order valence-corrected chi connectivity index (χ2v) is 8.10. The Morgan fingerprint density at radius 1 is 1.52 bits per heavy atom. The van der Waals surface area contributed by atoms with Crippen LogP contribution >= 0.6 is 24.0 Å². The Labute approximate surface area is 155 Å². The average Bonchev–Trinajstić information content (AvgIpc) is 3.06. The summed E-state index contributed by atoms with van der Waals surface area (Å²) in [4.78, 5) is 6.52. The molecule has 0 amide bonds. The molecule has 1 N–H and O–H groups in total. The molecule has 132 valence electrons. The second kappa shape index (κ2) is 8.86. The lowest BCUT2D eigenvalue weighted by Gasteiger charge is -2.21. The van der Waals surface area contributed by atoms with Crippen molar-refractivity contribution >= 4 is 39.8 Å². The standard InChI is InChI=1S/C14H25N5O2S.HI/c1-15-14(16-6-4-8-22(3,20)21)19-7-5-12(11-19)13-9-17-18(2)10-13;/h9-10,12H,4-8,11H2,1-3H3,(H,15,16);1H. The molecule has 0 radical (unpaired) electrons. The number of aryl methyl sites for hydroxylation is 1. The third-order valence-electron chi connectivity index (χ3n) is 3.87. The molecule has 1 atom stereocenters. The number of rotatable bonds is 5. The molecule has 7 nitrogen and oxygen atoms in total. The summed E-state index contributed by atoms with van der Waals surface area (Å²) < 4.78 is 24.1. The largest absolute Gasteiger partial charge is 0.356 e. The zero-order valence-electron chi connectivity index (χ0n) is 13.9. The number of likely N-dealkylation sites (tertiary alicyclic amines) is 1. The van der Waals surface area contributed by atoms with E-state index in [0.717, 1.165) is 25.5 Å². The Hall–Kier alpha value is -0.840. The first-order chi connectivity index (χ1) is 10.4. The van der Waals surface area contributed by atoms with E-state index < -0.39 is 9.84 Å². The number of halogens is 1. The van der Waals surface area contributed by atoms with E-state index in [4.69, 9.17) is 0 Å². The molecule has 0 bridgehead atoms. The van der Waals surface area contributed by atoms with Crippen LogP contribution in [0.1, 0.15) is 24.3 Å². The van der Waals surface area contributed by atoms with Crippen molar-refractivity contribution in [2.45, 2.75) is 18.8 Å². The minimum absolute atomic E-state index is 0. The first kappa shape index (κ1) is 20.2. The number of aromatic nitrogens is 2. The minimum Gasteiger partial charge on any atom is -0.356 e. The Morgan fingerprint density at radius 2 is 2.26 bits per heavy atom. The smallest absolute Gasteiger partial charge is 0.193 e. The predicted molar refractivity (Wildman–Crippen MR) is 103 cm³/mol. The van der Waals surface area contributed by atoms with Gasteiger partial charge < -0.3 is 10.2 Å². The molecular weight excluding hydrogens is 429 g/mol. The van der Waals surface area contributed by atoms with Gasteiger partial charge in [0.25, 0.3) is 0 Å². The molecule has 1 aromatic rings. The molecule has 0 aromatic carbocycles. The van der Waals surface area contributed by atoms with Gasteiger partial charge in [-0.2, -0.15) is 5.10 Å². The van der Waals surface area contributed by atoms with Crippen LogP contribution in [0.3, 0.4) is 0 Å².